The van der Waals surface area contributed by atoms with Crippen LogP contribution in [0.15, 0.2) is 53.6 Å². The van der Waals surface area contributed by atoms with Crippen molar-refractivity contribution in [3.8, 4) is 0 Å². The Bertz CT molecular complexity index is 1180. The number of aromatic nitrogens is 1. The molecule has 1 N–H and O–H groups in total. The van der Waals surface area contributed by atoms with Gasteiger partial charge in [0.1, 0.15) is 11.9 Å². The summed E-state index contributed by atoms with van der Waals surface area (Å²) in [6, 6.07) is 12.9. The molecule has 8 heteroatoms. The van der Waals surface area contributed by atoms with E-state index in [1.165, 1.54) is 22.7 Å². The highest BCUT2D eigenvalue weighted by Gasteiger charge is 2.40. The number of nitrogens with zero attached hydrogens (tertiary/aromatic N) is 2. The maximum Gasteiger partial charge on any atom is 0.247 e. The van der Waals surface area contributed by atoms with Crippen LogP contribution in [0.3, 0.4) is 0 Å². The molecule has 1 atom stereocenters. The van der Waals surface area contributed by atoms with Gasteiger partial charge in [-0.15, -0.1) is 0 Å². The Kier molecular flexibility index (Phi) is 7.05. The highest BCUT2D eigenvalue weighted by atomic mass is 32.2. The third-order valence-corrected chi connectivity index (χ3v) is 6.81. The number of carbonyl (C=O) groups is 2. The molecule has 1 aromatic heterocycles. The highest BCUT2D eigenvalue weighted by molar-refractivity contribution is 8.00. The lowest BCUT2D eigenvalue weighted by Gasteiger charge is -2.30. The SMILES string of the molecule is CC(C)OCCCNC(=O)C1c2c(n(C)c3ccccc23)SCC(=O)N1c1ccccc1F. The number of para-hydroxylation sites is 2. The van der Waals surface area contributed by atoms with Gasteiger partial charge in [-0.05, 0) is 38.5 Å². The summed E-state index contributed by atoms with van der Waals surface area (Å²) in [5, 5.41) is 4.67. The normalized spacial score (nSPS) is 16.2. The Labute approximate surface area is 197 Å². The van der Waals surface area contributed by atoms with E-state index in [-0.39, 0.29) is 29.4 Å². The van der Waals surface area contributed by atoms with Gasteiger partial charge in [-0.25, -0.2) is 4.39 Å². The summed E-state index contributed by atoms with van der Waals surface area (Å²) in [5.74, 6) is -1.08. The zero-order chi connectivity index (χ0) is 23.5. The summed E-state index contributed by atoms with van der Waals surface area (Å²) in [4.78, 5) is 28.2. The fourth-order valence-electron chi connectivity index (χ4n) is 4.18. The molecule has 6 nitrogen and oxygen atoms in total. The summed E-state index contributed by atoms with van der Waals surface area (Å²) in [5.41, 5.74) is 1.79. The molecule has 0 saturated carbocycles. The molecule has 0 aliphatic carbocycles. The lowest BCUT2D eigenvalue weighted by molar-refractivity contribution is -0.125. The van der Waals surface area contributed by atoms with Gasteiger partial charge in [0.25, 0.3) is 0 Å². The van der Waals surface area contributed by atoms with Crippen molar-refractivity contribution in [1.82, 2.24) is 9.88 Å². The zero-order valence-corrected chi connectivity index (χ0v) is 19.8. The van der Waals surface area contributed by atoms with Gasteiger partial charge in [0.2, 0.25) is 11.8 Å². The smallest absolute Gasteiger partial charge is 0.247 e. The third-order valence-electron chi connectivity index (χ3n) is 5.66. The second kappa shape index (κ2) is 9.97. The van der Waals surface area contributed by atoms with Gasteiger partial charge in [0, 0.05) is 36.7 Å². The van der Waals surface area contributed by atoms with E-state index < -0.39 is 11.9 Å². The van der Waals surface area contributed by atoms with Crippen molar-refractivity contribution >= 4 is 40.2 Å². The van der Waals surface area contributed by atoms with Crippen LogP contribution < -0.4 is 10.2 Å². The van der Waals surface area contributed by atoms with Crippen LogP contribution in [0.4, 0.5) is 10.1 Å². The molecule has 174 valence electrons. The van der Waals surface area contributed by atoms with E-state index in [1.54, 1.807) is 18.2 Å². The second-order valence-corrected chi connectivity index (χ2v) is 9.23. The monoisotopic (exact) mass is 469 g/mol. The number of halogens is 1. The van der Waals surface area contributed by atoms with Gasteiger partial charge in [-0.3, -0.25) is 14.5 Å². The third kappa shape index (κ3) is 4.63. The molecule has 3 aromatic rings. The molecule has 33 heavy (non-hydrogen) atoms. The van der Waals surface area contributed by atoms with Crippen molar-refractivity contribution in [2.24, 2.45) is 7.05 Å². The number of anilines is 1. The van der Waals surface area contributed by atoms with E-state index in [4.69, 9.17) is 4.74 Å². The summed E-state index contributed by atoms with van der Waals surface area (Å²) in [7, 11) is 1.93. The molecular formula is C25H28FN3O3S. The van der Waals surface area contributed by atoms with Crippen molar-refractivity contribution < 1.29 is 18.7 Å². The van der Waals surface area contributed by atoms with Crippen molar-refractivity contribution in [3.63, 3.8) is 0 Å². The van der Waals surface area contributed by atoms with E-state index in [0.29, 0.717) is 19.6 Å². The van der Waals surface area contributed by atoms with E-state index in [1.807, 2.05) is 49.7 Å². The first kappa shape index (κ1) is 23.3. The number of carbonyl (C=O) groups excluding carboxylic acids is 2. The molecular weight excluding hydrogens is 441 g/mol. The average Bonchev–Trinajstić information content (AvgIpc) is 2.97. The Balaban J connectivity index is 1.78. The van der Waals surface area contributed by atoms with E-state index in [0.717, 1.165) is 21.5 Å². The maximum atomic E-state index is 14.9. The lowest BCUT2D eigenvalue weighted by atomic mass is 10.0. The van der Waals surface area contributed by atoms with Gasteiger partial charge in [0.05, 0.1) is 22.6 Å². The first-order valence-corrected chi connectivity index (χ1v) is 12.0. The average molecular weight is 470 g/mol. The molecule has 2 heterocycles. The summed E-state index contributed by atoms with van der Waals surface area (Å²) < 4.78 is 22.4. The predicted molar refractivity (Wildman–Crippen MR) is 129 cm³/mol. The first-order valence-electron chi connectivity index (χ1n) is 11.1. The molecule has 0 radical (unpaired) electrons. The number of hydrogen-bond acceptors (Lipinski definition) is 4. The van der Waals surface area contributed by atoms with Gasteiger partial charge in [-0.2, -0.15) is 0 Å². The second-order valence-electron chi connectivity index (χ2n) is 8.27. The molecule has 0 saturated heterocycles. The maximum absolute atomic E-state index is 14.9. The topological polar surface area (TPSA) is 63.6 Å². The van der Waals surface area contributed by atoms with E-state index in [9.17, 15) is 14.0 Å². The van der Waals surface area contributed by atoms with Crippen LogP contribution in [0.5, 0.6) is 0 Å². The number of thioether (sulfide) groups is 1. The molecule has 1 aliphatic heterocycles. The molecule has 4 rings (SSSR count). The summed E-state index contributed by atoms with van der Waals surface area (Å²) in [6.45, 7) is 4.84. The van der Waals surface area contributed by atoms with Crippen LogP contribution in [-0.4, -0.2) is 41.4 Å². The number of fused-ring (bicyclic) bond motifs is 3. The number of nitrogens with one attached hydrogen (secondary N) is 1. The summed E-state index contributed by atoms with van der Waals surface area (Å²) >= 11 is 1.38. The van der Waals surface area contributed by atoms with Crippen LogP contribution in [0.1, 0.15) is 31.9 Å². The lowest BCUT2D eigenvalue weighted by Crippen LogP contribution is -2.44. The fraction of sp³-hybridized carbons (Fsp3) is 0.360. The van der Waals surface area contributed by atoms with Gasteiger partial charge >= 0.3 is 0 Å². The molecule has 0 fully saturated rings. The number of amides is 2. The Hall–Kier alpha value is -2.84. The van der Waals surface area contributed by atoms with Gasteiger partial charge in [-0.1, -0.05) is 42.1 Å². The van der Waals surface area contributed by atoms with Gasteiger partial charge < -0.3 is 14.6 Å². The van der Waals surface area contributed by atoms with Crippen LogP contribution >= 0.6 is 11.8 Å². The molecule has 1 unspecified atom stereocenters. The molecule has 2 aromatic carbocycles. The van der Waals surface area contributed by atoms with Crippen molar-refractivity contribution in [2.75, 3.05) is 23.8 Å². The number of rotatable bonds is 7. The first-order chi connectivity index (χ1) is 15.9. The minimum Gasteiger partial charge on any atom is -0.379 e. The van der Waals surface area contributed by atoms with Crippen LogP contribution in [0.25, 0.3) is 10.9 Å². The van der Waals surface area contributed by atoms with Crippen molar-refractivity contribution in [3.05, 3.63) is 59.9 Å². The number of ether oxygens (including phenoxy) is 1. The molecule has 0 spiro atoms. The fourth-order valence-corrected chi connectivity index (χ4v) is 5.25. The zero-order valence-electron chi connectivity index (χ0n) is 19.0. The van der Waals surface area contributed by atoms with Crippen molar-refractivity contribution in [2.45, 2.75) is 37.4 Å². The Morgan fingerprint density at radius 2 is 1.94 bits per heavy atom. The van der Waals surface area contributed by atoms with Crippen LogP contribution in [0, 0.1) is 5.82 Å². The molecule has 1 aliphatic rings. The number of hydrogen-bond donors (Lipinski definition) is 1. The van der Waals surface area contributed by atoms with Crippen molar-refractivity contribution in [1.29, 1.82) is 0 Å². The Morgan fingerprint density at radius 3 is 2.70 bits per heavy atom. The summed E-state index contributed by atoms with van der Waals surface area (Å²) in [6.07, 6.45) is 0.758. The highest BCUT2D eigenvalue weighted by Crippen LogP contribution is 2.43. The molecule has 0 bridgehead atoms. The number of aryl methyl sites for hydroxylation is 1. The minimum absolute atomic E-state index is 0.104. The van der Waals surface area contributed by atoms with Crippen LogP contribution in [-0.2, 0) is 21.4 Å². The minimum atomic E-state index is -0.989. The van der Waals surface area contributed by atoms with Crippen LogP contribution in [0.2, 0.25) is 0 Å². The quantitative estimate of drug-likeness (QED) is 0.520. The largest absolute Gasteiger partial charge is 0.379 e. The Morgan fingerprint density at radius 1 is 1.21 bits per heavy atom. The van der Waals surface area contributed by atoms with E-state index >= 15 is 0 Å². The van der Waals surface area contributed by atoms with Gasteiger partial charge in [0.15, 0.2) is 0 Å². The standard InChI is InChI=1S/C25H28FN3O3S/c1-16(2)32-14-8-13-27-24(31)23-22-17-9-4-6-11-19(17)28(3)25(22)33-15-21(30)29(23)20-12-7-5-10-18(20)26/h4-7,9-12,16,23H,8,13-15H2,1-3H3,(H,27,31). The molecule has 2 amide bonds. The predicted octanol–water partition coefficient (Wildman–Crippen LogP) is 4.43. The number of benzene rings is 2. The van der Waals surface area contributed by atoms with E-state index in [2.05, 4.69) is 5.32 Å².